The summed E-state index contributed by atoms with van der Waals surface area (Å²) in [4.78, 5) is 11.9. The van der Waals surface area contributed by atoms with E-state index in [4.69, 9.17) is 4.42 Å². The molecule has 0 aliphatic heterocycles. The van der Waals surface area contributed by atoms with Gasteiger partial charge in [-0.15, -0.1) is 0 Å². The highest BCUT2D eigenvalue weighted by atomic mass is 79.9. The maximum Gasteiger partial charge on any atom is 0.173 e. The third kappa shape index (κ3) is 1.44. The molecule has 0 fully saturated rings. The fraction of sp³-hybridized carbons (Fsp3) is 0.545. The van der Waals surface area contributed by atoms with E-state index in [1.54, 1.807) is 0 Å². The monoisotopic (exact) mass is 256 g/mol. The molecule has 1 aliphatic carbocycles. The molecule has 1 aromatic heterocycles. The Hall–Kier alpha value is -0.570. The molecule has 0 saturated heterocycles. The lowest BCUT2D eigenvalue weighted by Gasteiger charge is -2.27. The summed E-state index contributed by atoms with van der Waals surface area (Å²) in [6.45, 7) is 6.11. The van der Waals surface area contributed by atoms with Crippen molar-refractivity contribution in [2.24, 2.45) is 5.41 Å². The number of furan rings is 1. The first-order valence-electron chi connectivity index (χ1n) is 4.72. The van der Waals surface area contributed by atoms with E-state index in [2.05, 4.69) is 29.8 Å². The van der Waals surface area contributed by atoms with Gasteiger partial charge in [-0.25, -0.2) is 0 Å². The van der Waals surface area contributed by atoms with Gasteiger partial charge in [0.1, 0.15) is 5.76 Å². The SMILES string of the molecule is Cc1c(Br)oc2c1C(=O)CC(C)(C)C2. The zero-order valence-corrected chi connectivity index (χ0v) is 10.2. The number of carbonyl (C=O) groups is 1. The highest BCUT2D eigenvalue weighted by Crippen LogP contribution is 2.39. The van der Waals surface area contributed by atoms with Crippen LogP contribution in [-0.4, -0.2) is 5.78 Å². The molecule has 1 aromatic rings. The van der Waals surface area contributed by atoms with E-state index in [-0.39, 0.29) is 11.2 Å². The van der Waals surface area contributed by atoms with Crippen LogP contribution in [0.1, 0.15) is 41.9 Å². The van der Waals surface area contributed by atoms with Gasteiger partial charge in [0.15, 0.2) is 10.5 Å². The van der Waals surface area contributed by atoms with Crippen molar-refractivity contribution in [3.05, 3.63) is 21.6 Å². The molecule has 1 aliphatic rings. The molecule has 0 N–H and O–H groups in total. The molecule has 3 heteroatoms. The topological polar surface area (TPSA) is 30.2 Å². The summed E-state index contributed by atoms with van der Waals surface area (Å²) < 4.78 is 6.24. The molecule has 0 amide bonds. The molecule has 14 heavy (non-hydrogen) atoms. The minimum absolute atomic E-state index is 0.0355. The van der Waals surface area contributed by atoms with E-state index in [1.807, 2.05) is 6.92 Å². The lowest BCUT2D eigenvalue weighted by atomic mass is 9.76. The van der Waals surface area contributed by atoms with Crippen molar-refractivity contribution >= 4 is 21.7 Å². The number of halogens is 1. The minimum atomic E-state index is 0.0355. The first-order valence-corrected chi connectivity index (χ1v) is 5.51. The first-order chi connectivity index (χ1) is 6.41. The van der Waals surface area contributed by atoms with Crippen LogP contribution in [0.2, 0.25) is 0 Å². The van der Waals surface area contributed by atoms with Gasteiger partial charge in [0.05, 0.1) is 5.56 Å². The van der Waals surface area contributed by atoms with E-state index in [1.165, 1.54) is 0 Å². The number of rotatable bonds is 0. The van der Waals surface area contributed by atoms with Gasteiger partial charge in [0.2, 0.25) is 0 Å². The standard InChI is InChI=1S/C11H13BrO2/c1-6-9-7(13)4-11(2,3)5-8(9)14-10(6)12/h4-5H2,1-3H3. The zero-order valence-electron chi connectivity index (χ0n) is 8.61. The van der Waals surface area contributed by atoms with Gasteiger partial charge in [-0.05, 0) is 28.3 Å². The maximum absolute atomic E-state index is 11.9. The Labute approximate surface area is 91.8 Å². The molecule has 0 radical (unpaired) electrons. The Kier molecular flexibility index (Phi) is 2.11. The molecule has 2 nitrogen and oxygen atoms in total. The van der Waals surface area contributed by atoms with Gasteiger partial charge in [-0.1, -0.05) is 13.8 Å². The van der Waals surface area contributed by atoms with Gasteiger partial charge >= 0.3 is 0 Å². The molecule has 0 aromatic carbocycles. The van der Waals surface area contributed by atoms with Crippen LogP contribution in [0.3, 0.4) is 0 Å². The van der Waals surface area contributed by atoms with Crippen molar-refractivity contribution in [2.45, 2.75) is 33.6 Å². The molecule has 0 unspecified atom stereocenters. The third-order valence-electron chi connectivity index (χ3n) is 2.72. The minimum Gasteiger partial charge on any atom is -0.453 e. The number of hydrogen-bond acceptors (Lipinski definition) is 2. The number of ketones is 1. The molecular weight excluding hydrogens is 244 g/mol. The average Bonchev–Trinajstić information content (AvgIpc) is 2.24. The Morgan fingerprint density at radius 3 is 2.64 bits per heavy atom. The first kappa shape index (κ1) is 9.97. The normalized spacial score (nSPS) is 19.6. The van der Waals surface area contributed by atoms with E-state index >= 15 is 0 Å². The van der Waals surface area contributed by atoms with E-state index in [0.29, 0.717) is 11.1 Å². The molecule has 0 spiro atoms. The molecule has 1 heterocycles. The second-order valence-electron chi connectivity index (χ2n) is 4.74. The van der Waals surface area contributed by atoms with Gasteiger partial charge in [0, 0.05) is 18.4 Å². The summed E-state index contributed by atoms with van der Waals surface area (Å²) in [5.74, 6) is 1.05. The second kappa shape index (κ2) is 2.96. The zero-order chi connectivity index (χ0) is 10.5. The van der Waals surface area contributed by atoms with Gasteiger partial charge in [-0.2, -0.15) is 0 Å². The Balaban J connectivity index is 2.56. The summed E-state index contributed by atoms with van der Waals surface area (Å²) in [5.41, 5.74) is 1.78. The molecule has 0 atom stereocenters. The highest BCUT2D eigenvalue weighted by molar-refractivity contribution is 9.10. The number of hydrogen-bond donors (Lipinski definition) is 0. The summed E-state index contributed by atoms with van der Waals surface area (Å²) >= 11 is 3.32. The van der Waals surface area contributed by atoms with Gasteiger partial charge in [-0.3, -0.25) is 4.79 Å². The van der Waals surface area contributed by atoms with Crippen LogP contribution in [0, 0.1) is 12.3 Å². The van der Waals surface area contributed by atoms with E-state index in [0.717, 1.165) is 23.3 Å². The summed E-state index contributed by atoms with van der Waals surface area (Å²) in [6.07, 6.45) is 1.47. The summed E-state index contributed by atoms with van der Waals surface area (Å²) in [5, 5.41) is 0. The van der Waals surface area contributed by atoms with E-state index in [9.17, 15) is 4.79 Å². The van der Waals surface area contributed by atoms with Crippen LogP contribution in [0.4, 0.5) is 0 Å². The second-order valence-corrected chi connectivity index (χ2v) is 5.46. The van der Waals surface area contributed by atoms with Gasteiger partial charge < -0.3 is 4.42 Å². The fourth-order valence-corrected chi connectivity index (χ4v) is 2.45. The number of fused-ring (bicyclic) bond motifs is 1. The Morgan fingerprint density at radius 1 is 1.36 bits per heavy atom. The lowest BCUT2D eigenvalue weighted by molar-refractivity contribution is 0.0903. The quantitative estimate of drug-likeness (QED) is 0.712. The molecular formula is C11H13BrO2. The van der Waals surface area contributed by atoms with Crippen molar-refractivity contribution in [1.82, 2.24) is 0 Å². The smallest absolute Gasteiger partial charge is 0.173 e. The largest absolute Gasteiger partial charge is 0.453 e. The van der Waals surface area contributed by atoms with Crippen LogP contribution in [-0.2, 0) is 6.42 Å². The molecule has 2 rings (SSSR count). The summed E-state index contributed by atoms with van der Waals surface area (Å²) in [7, 11) is 0. The Bertz CT molecular complexity index is 402. The maximum atomic E-state index is 11.9. The lowest BCUT2D eigenvalue weighted by Crippen LogP contribution is -2.26. The third-order valence-corrected chi connectivity index (χ3v) is 3.48. The molecule has 76 valence electrons. The Morgan fingerprint density at radius 2 is 2.00 bits per heavy atom. The average molecular weight is 257 g/mol. The van der Waals surface area contributed by atoms with Gasteiger partial charge in [0.25, 0.3) is 0 Å². The highest BCUT2D eigenvalue weighted by Gasteiger charge is 2.35. The van der Waals surface area contributed by atoms with E-state index < -0.39 is 0 Å². The van der Waals surface area contributed by atoms with Crippen LogP contribution < -0.4 is 0 Å². The molecule has 0 saturated carbocycles. The van der Waals surface area contributed by atoms with Crippen LogP contribution >= 0.6 is 15.9 Å². The van der Waals surface area contributed by atoms with Crippen molar-refractivity contribution in [1.29, 1.82) is 0 Å². The fourth-order valence-electron chi connectivity index (χ4n) is 2.05. The van der Waals surface area contributed by atoms with Crippen LogP contribution in [0.15, 0.2) is 9.09 Å². The summed E-state index contributed by atoms with van der Waals surface area (Å²) in [6, 6.07) is 0. The van der Waals surface area contributed by atoms with Crippen molar-refractivity contribution in [3.63, 3.8) is 0 Å². The predicted molar refractivity (Wildman–Crippen MR) is 57.6 cm³/mol. The number of Topliss-reactive ketones (excluding diaryl/α,β-unsaturated/α-hetero) is 1. The molecule has 0 bridgehead atoms. The van der Waals surface area contributed by atoms with Crippen molar-refractivity contribution in [2.75, 3.05) is 0 Å². The number of carbonyl (C=O) groups excluding carboxylic acids is 1. The van der Waals surface area contributed by atoms with Crippen LogP contribution in [0.5, 0.6) is 0 Å². The van der Waals surface area contributed by atoms with Crippen molar-refractivity contribution < 1.29 is 9.21 Å². The van der Waals surface area contributed by atoms with Crippen LogP contribution in [0.25, 0.3) is 0 Å². The predicted octanol–water partition coefficient (Wildman–Crippen LogP) is 3.51. The van der Waals surface area contributed by atoms with Crippen molar-refractivity contribution in [3.8, 4) is 0 Å².